The maximum absolute atomic E-state index is 13.0. The van der Waals surface area contributed by atoms with E-state index >= 15 is 0 Å². The number of rotatable bonds is 7. The van der Waals surface area contributed by atoms with E-state index in [1.165, 1.54) is 0 Å². The van der Waals surface area contributed by atoms with Crippen LogP contribution < -0.4 is 5.32 Å². The van der Waals surface area contributed by atoms with E-state index < -0.39 is 5.97 Å². The molecule has 28 heavy (non-hydrogen) atoms. The Morgan fingerprint density at radius 3 is 2.79 bits per heavy atom. The van der Waals surface area contributed by atoms with Crippen molar-refractivity contribution in [2.24, 2.45) is 0 Å². The summed E-state index contributed by atoms with van der Waals surface area (Å²) in [6.45, 7) is 2.36. The van der Waals surface area contributed by atoms with Gasteiger partial charge in [0.1, 0.15) is 6.04 Å². The molecule has 1 saturated heterocycles. The minimum Gasteiger partial charge on any atom is -0.481 e. The van der Waals surface area contributed by atoms with Crippen LogP contribution >= 0.6 is 0 Å². The van der Waals surface area contributed by atoms with Crippen molar-refractivity contribution in [3.05, 3.63) is 47.6 Å². The molecule has 8 nitrogen and oxygen atoms in total. The average Bonchev–Trinajstić information content (AvgIpc) is 3.13. The van der Waals surface area contributed by atoms with Gasteiger partial charge in [-0.3, -0.25) is 4.79 Å². The topological polar surface area (TPSA) is 109 Å². The molecule has 2 heterocycles. The number of carbonyl (C=O) groups is 2. The lowest BCUT2D eigenvalue weighted by molar-refractivity contribution is -0.137. The first-order chi connectivity index (χ1) is 13.5. The second kappa shape index (κ2) is 9.34. The fourth-order valence-electron chi connectivity index (χ4n) is 3.56. The van der Waals surface area contributed by atoms with Gasteiger partial charge in [0.15, 0.2) is 5.82 Å². The second-order valence-corrected chi connectivity index (χ2v) is 7.15. The Balaban J connectivity index is 1.70. The number of nitrogens with one attached hydrogen (secondary N) is 1. The smallest absolute Gasteiger partial charge is 0.318 e. The molecule has 2 atom stereocenters. The van der Waals surface area contributed by atoms with Gasteiger partial charge in [-0.05, 0) is 44.6 Å². The first kappa shape index (κ1) is 19.9. The van der Waals surface area contributed by atoms with Gasteiger partial charge in [0.05, 0.1) is 0 Å². The number of benzene rings is 1. The number of hydrogen-bond donors (Lipinski definition) is 2. The van der Waals surface area contributed by atoms with E-state index in [-0.39, 0.29) is 24.5 Å². The highest BCUT2D eigenvalue weighted by Crippen LogP contribution is 2.30. The number of amides is 2. The zero-order valence-corrected chi connectivity index (χ0v) is 16.0. The lowest BCUT2D eigenvalue weighted by Crippen LogP contribution is -2.48. The fraction of sp³-hybridized carbons (Fsp3) is 0.500. The molecule has 1 fully saturated rings. The molecule has 1 aromatic carbocycles. The largest absolute Gasteiger partial charge is 0.481 e. The van der Waals surface area contributed by atoms with Crippen LogP contribution in [0.15, 0.2) is 34.9 Å². The lowest BCUT2D eigenvalue weighted by atomic mass is 10.0. The molecule has 1 aliphatic heterocycles. The van der Waals surface area contributed by atoms with Crippen LogP contribution in [0.25, 0.3) is 0 Å². The van der Waals surface area contributed by atoms with Gasteiger partial charge < -0.3 is 19.8 Å². The number of piperidine rings is 1. The zero-order valence-electron chi connectivity index (χ0n) is 16.0. The van der Waals surface area contributed by atoms with Crippen LogP contribution in [-0.4, -0.2) is 44.7 Å². The molecule has 0 bridgehead atoms. The van der Waals surface area contributed by atoms with Gasteiger partial charge in [0.25, 0.3) is 0 Å². The van der Waals surface area contributed by atoms with E-state index in [4.69, 9.17) is 9.63 Å². The second-order valence-electron chi connectivity index (χ2n) is 7.15. The van der Waals surface area contributed by atoms with Crippen molar-refractivity contribution >= 4 is 12.0 Å². The van der Waals surface area contributed by atoms with E-state index in [1.807, 2.05) is 30.3 Å². The lowest BCUT2D eigenvalue weighted by Gasteiger charge is -2.34. The summed E-state index contributed by atoms with van der Waals surface area (Å²) in [5.41, 5.74) is 1.06. The summed E-state index contributed by atoms with van der Waals surface area (Å²) in [5, 5.41) is 15.9. The van der Waals surface area contributed by atoms with E-state index in [0.29, 0.717) is 31.1 Å². The van der Waals surface area contributed by atoms with Crippen LogP contribution in [0.2, 0.25) is 0 Å². The number of aryl methyl sites for hydroxylation is 1. The minimum absolute atomic E-state index is 0.00403. The Bertz CT molecular complexity index is 793. The summed E-state index contributed by atoms with van der Waals surface area (Å²) in [6.07, 6.45) is 3.63. The molecular weight excluding hydrogens is 360 g/mol. The van der Waals surface area contributed by atoms with E-state index in [9.17, 15) is 9.59 Å². The third-order valence-corrected chi connectivity index (χ3v) is 4.95. The first-order valence-electron chi connectivity index (χ1n) is 9.66. The fourth-order valence-corrected chi connectivity index (χ4v) is 3.56. The monoisotopic (exact) mass is 386 g/mol. The Morgan fingerprint density at radius 1 is 1.32 bits per heavy atom. The molecule has 150 valence electrons. The number of likely N-dealkylation sites (tertiary alicyclic amines) is 1. The summed E-state index contributed by atoms with van der Waals surface area (Å²) in [5.74, 6) is 0.131. The zero-order chi connectivity index (χ0) is 19.9. The Labute approximate surface area is 163 Å². The molecule has 0 spiro atoms. The molecule has 2 unspecified atom stereocenters. The number of aliphatic carboxylic acids is 1. The van der Waals surface area contributed by atoms with Gasteiger partial charge in [0.2, 0.25) is 5.89 Å². The highest BCUT2D eigenvalue weighted by molar-refractivity contribution is 5.75. The average molecular weight is 386 g/mol. The molecule has 0 saturated carbocycles. The molecule has 3 rings (SSSR count). The molecule has 1 aliphatic rings. The molecule has 2 amide bonds. The SMILES string of the molecule is Cc1noc(C2CCCCN2C(=O)NC(CCC(=O)O)Cc2ccccc2)n1. The van der Waals surface area contributed by atoms with Gasteiger partial charge in [0, 0.05) is 19.0 Å². The number of hydrogen-bond acceptors (Lipinski definition) is 5. The normalized spacial score (nSPS) is 17.9. The molecule has 2 aromatic rings. The summed E-state index contributed by atoms with van der Waals surface area (Å²) >= 11 is 0. The molecular formula is C20H26N4O4. The van der Waals surface area contributed by atoms with Crippen LogP contribution in [0.4, 0.5) is 4.79 Å². The van der Waals surface area contributed by atoms with E-state index in [1.54, 1.807) is 11.8 Å². The van der Waals surface area contributed by atoms with Crippen LogP contribution in [0.1, 0.15) is 55.4 Å². The van der Waals surface area contributed by atoms with Crippen molar-refractivity contribution in [2.75, 3.05) is 6.54 Å². The third kappa shape index (κ3) is 5.31. The number of aromatic nitrogens is 2. The maximum Gasteiger partial charge on any atom is 0.318 e. The van der Waals surface area contributed by atoms with Crippen molar-refractivity contribution in [2.45, 2.75) is 57.5 Å². The Morgan fingerprint density at radius 2 is 2.11 bits per heavy atom. The summed E-state index contributed by atoms with van der Waals surface area (Å²) in [4.78, 5) is 30.1. The maximum atomic E-state index is 13.0. The van der Waals surface area contributed by atoms with Crippen LogP contribution in [-0.2, 0) is 11.2 Å². The van der Waals surface area contributed by atoms with Crippen LogP contribution in [0, 0.1) is 6.92 Å². The predicted octanol–water partition coefficient (Wildman–Crippen LogP) is 3.09. The summed E-state index contributed by atoms with van der Waals surface area (Å²) in [7, 11) is 0. The molecule has 1 aromatic heterocycles. The van der Waals surface area contributed by atoms with Gasteiger partial charge in [-0.25, -0.2) is 4.79 Å². The number of nitrogens with zero attached hydrogens (tertiary/aromatic N) is 3. The van der Waals surface area contributed by atoms with Crippen molar-refractivity contribution in [3.63, 3.8) is 0 Å². The number of urea groups is 1. The number of carbonyl (C=O) groups excluding carboxylic acids is 1. The Hall–Kier alpha value is -2.90. The van der Waals surface area contributed by atoms with Gasteiger partial charge in [-0.2, -0.15) is 4.98 Å². The third-order valence-electron chi connectivity index (χ3n) is 4.95. The van der Waals surface area contributed by atoms with E-state index in [0.717, 1.165) is 24.8 Å². The van der Waals surface area contributed by atoms with Crippen LogP contribution in [0.3, 0.4) is 0 Å². The number of carboxylic acid groups (broad SMARTS) is 1. The van der Waals surface area contributed by atoms with Crippen molar-refractivity contribution in [1.29, 1.82) is 0 Å². The van der Waals surface area contributed by atoms with E-state index in [2.05, 4.69) is 15.5 Å². The predicted molar refractivity (Wildman–Crippen MR) is 102 cm³/mol. The molecule has 2 N–H and O–H groups in total. The minimum atomic E-state index is -0.871. The quantitative estimate of drug-likeness (QED) is 0.757. The van der Waals surface area contributed by atoms with Gasteiger partial charge in [-0.1, -0.05) is 35.5 Å². The summed E-state index contributed by atoms with van der Waals surface area (Å²) in [6, 6.07) is 9.03. The molecule has 0 aliphatic carbocycles. The molecule has 0 radical (unpaired) electrons. The van der Waals surface area contributed by atoms with Gasteiger partial charge in [-0.15, -0.1) is 0 Å². The Kier molecular flexibility index (Phi) is 6.62. The van der Waals surface area contributed by atoms with Crippen LogP contribution in [0.5, 0.6) is 0 Å². The van der Waals surface area contributed by atoms with Crippen molar-refractivity contribution < 1.29 is 19.2 Å². The standard InChI is InChI=1S/C20H26N4O4/c1-14-21-19(28-23-14)17-9-5-6-12-24(17)20(27)22-16(10-11-18(25)26)13-15-7-3-2-4-8-15/h2-4,7-8,16-17H,5-6,9-13H2,1H3,(H,22,27)(H,25,26). The first-order valence-corrected chi connectivity index (χ1v) is 9.66. The van der Waals surface area contributed by atoms with Crippen molar-refractivity contribution in [3.8, 4) is 0 Å². The molecule has 8 heteroatoms. The van der Waals surface area contributed by atoms with Crippen molar-refractivity contribution in [1.82, 2.24) is 20.4 Å². The summed E-state index contributed by atoms with van der Waals surface area (Å²) < 4.78 is 5.30. The highest BCUT2D eigenvalue weighted by Gasteiger charge is 2.32. The number of carboxylic acids is 1. The van der Waals surface area contributed by atoms with Gasteiger partial charge >= 0.3 is 12.0 Å². The highest BCUT2D eigenvalue weighted by atomic mass is 16.5.